The summed E-state index contributed by atoms with van der Waals surface area (Å²) < 4.78 is 26.7. The van der Waals surface area contributed by atoms with Crippen LogP contribution in [0, 0.1) is 24.0 Å². The van der Waals surface area contributed by atoms with Gasteiger partial charge in [0.15, 0.2) is 5.78 Å². The van der Waals surface area contributed by atoms with E-state index in [1.165, 1.54) is 6.92 Å². The molecule has 0 amide bonds. The van der Waals surface area contributed by atoms with Crippen LogP contribution in [0.2, 0.25) is 0 Å². The molecule has 1 aromatic carbocycles. The first-order valence-corrected chi connectivity index (χ1v) is 4.48. The largest absolute Gasteiger partial charge is 0.295 e. The normalized spacial score (nSPS) is 9.73. The zero-order chi connectivity index (χ0) is 11.4. The van der Waals surface area contributed by atoms with Gasteiger partial charge < -0.3 is 0 Å². The van der Waals surface area contributed by atoms with Crippen LogP contribution in [-0.4, -0.2) is 5.78 Å². The van der Waals surface area contributed by atoms with E-state index < -0.39 is 11.6 Å². The first-order chi connectivity index (χ1) is 7.06. The molecule has 1 rings (SSSR count). The Morgan fingerprint density at radius 2 is 1.93 bits per heavy atom. The smallest absolute Gasteiger partial charge is 0.160 e. The predicted molar refractivity (Wildman–Crippen MR) is 53.5 cm³/mol. The van der Waals surface area contributed by atoms with Crippen molar-refractivity contribution in [2.24, 2.45) is 0 Å². The van der Waals surface area contributed by atoms with E-state index in [9.17, 15) is 13.6 Å². The monoisotopic (exact) mass is 208 g/mol. The van der Waals surface area contributed by atoms with Gasteiger partial charge in [-0.25, -0.2) is 8.78 Å². The zero-order valence-corrected chi connectivity index (χ0v) is 8.31. The van der Waals surface area contributed by atoms with Crippen LogP contribution in [0.25, 0.3) is 0 Å². The minimum atomic E-state index is -0.713. The van der Waals surface area contributed by atoms with Gasteiger partial charge in [-0.05, 0) is 25.5 Å². The van der Waals surface area contributed by atoms with Gasteiger partial charge in [-0.3, -0.25) is 4.79 Å². The highest BCUT2D eigenvalue weighted by Gasteiger charge is 2.12. The molecule has 0 bridgehead atoms. The SMILES string of the molecule is C#CCCc1c(F)cc(C(C)=O)cc1F. The van der Waals surface area contributed by atoms with Crippen LogP contribution in [0.3, 0.4) is 0 Å². The number of carbonyl (C=O) groups is 1. The van der Waals surface area contributed by atoms with E-state index in [0.717, 1.165) is 12.1 Å². The molecule has 0 aliphatic carbocycles. The van der Waals surface area contributed by atoms with Crippen LogP contribution in [0.15, 0.2) is 12.1 Å². The van der Waals surface area contributed by atoms with Crippen molar-refractivity contribution in [1.29, 1.82) is 0 Å². The summed E-state index contributed by atoms with van der Waals surface area (Å²) in [5.41, 5.74) is -0.0209. The van der Waals surface area contributed by atoms with E-state index in [2.05, 4.69) is 5.92 Å². The maximum Gasteiger partial charge on any atom is 0.160 e. The second-order valence-electron chi connectivity index (χ2n) is 3.18. The molecule has 0 atom stereocenters. The Hall–Kier alpha value is -1.69. The van der Waals surface area contributed by atoms with Crippen molar-refractivity contribution in [1.82, 2.24) is 0 Å². The number of rotatable bonds is 3. The van der Waals surface area contributed by atoms with Gasteiger partial charge in [-0.2, -0.15) is 0 Å². The van der Waals surface area contributed by atoms with Crippen LogP contribution >= 0.6 is 0 Å². The van der Waals surface area contributed by atoms with E-state index in [1.807, 2.05) is 0 Å². The Morgan fingerprint density at radius 1 is 1.40 bits per heavy atom. The summed E-state index contributed by atoms with van der Waals surface area (Å²) in [7, 11) is 0. The number of carbonyl (C=O) groups excluding carboxylic acids is 1. The molecule has 0 aromatic heterocycles. The average Bonchev–Trinajstić information content (AvgIpc) is 2.16. The maximum atomic E-state index is 13.3. The number of halogens is 2. The average molecular weight is 208 g/mol. The van der Waals surface area contributed by atoms with Gasteiger partial charge in [-0.15, -0.1) is 12.3 Å². The number of hydrogen-bond acceptors (Lipinski definition) is 1. The van der Waals surface area contributed by atoms with Crippen molar-refractivity contribution in [2.45, 2.75) is 19.8 Å². The molecule has 0 unspecified atom stereocenters. The first kappa shape index (κ1) is 11.4. The molecule has 0 aliphatic rings. The number of Topliss-reactive ketones (excluding diaryl/α,β-unsaturated/α-hetero) is 1. The molecule has 78 valence electrons. The van der Waals surface area contributed by atoms with Gasteiger partial charge in [0, 0.05) is 17.5 Å². The van der Waals surface area contributed by atoms with E-state index >= 15 is 0 Å². The van der Waals surface area contributed by atoms with Gasteiger partial charge in [0.05, 0.1) is 0 Å². The Morgan fingerprint density at radius 3 is 2.33 bits per heavy atom. The molecule has 0 saturated carbocycles. The van der Waals surface area contributed by atoms with Gasteiger partial charge >= 0.3 is 0 Å². The standard InChI is InChI=1S/C12H10F2O/c1-3-4-5-10-11(13)6-9(8(2)15)7-12(10)14/h1,6-7H,4-5H2,2H3. The summed E-state index contributed by atoms with van der Waals surface area (Å²) in [6.07, 6.45) is 5.42. The zero-order valence-electron chi connectivity index (χ0n) is 8.31. The number of hydrogen-bond donors (Lipinski definition) is 0. The highest BCUT2D eigenvalue weighted by atomic mass is 19.1. The van der Waals surface area contributed by atoms with Crippen LogP contribution in [-0.2, 0) is 6.42 Å². The maximum absolute atomic E-state index is 13.3. The second-order valence-corrected chi connectivity index (χ2v) is 3.18. The summed E-state index contributed by atoms with van der Waals surface area (Å²) in [4.78, 5) is 10.9. The first-order valence-electron chi connectivity index (χ1n) is 4.48. The lowest BCUT2D eigenvalue weighted by Gasteiger charge is -2.04. The van der Waals surface area contributed by atoms with Gasteiger partial charge in [0.1, 0.15) is 11.6 Å². The van der Waals surface area contributed by atoms with Gasteiger partial charge in [0.2, 0.25) is 0 Å². The molecule has 0 saturated heterocycles. The summed E-state index contributed by atoms with van der Waals surface area (Å²) >= 11 is 0. The summed E-state index contributed by atoms with van der Waals surface area (Å²) in [6, 6.07) is 2.08. The summed E-state index contributed by atoms with van der Waals surface area (Å²) in [5.74, 6) is 0.518. The Balaban J connectivity index is 3.11. The molecule has 0 heterocycles. The van der Waals surface area contributed by atoms with Crippen molar-refractivity contribution in [3.63, 3.8) is 0 Å². The molecule has 15 heavy (non-hydrogen) atoms. The summed E-state index contributed by atoms with van der Waals surface area (Å²) in [5, 5.41) is 0. The van der Waals surface area contributed by atoms with Crippen LogP contribution in [0.5, 0.6) is 0 Å². The molecule has 3 heteroatoms. The fourth-order valence-electron chi connectivity index (χ4n) is 1.24. The predicted octanol–water partition coefficient (Wildman–Crippen LogP) is 2.73. The highest BCUT2D eigenvalue weighted by Crippen LogP contribution is 2.17. The Labute approximate surface area is 87.1 Å². The van der Waals surface area contributed by atoms with Crippen molar-refractivity contribution < 1.29 is 13.6 Å². The highest BCUT2D eigenvalue weighted by molar-refractivity contribution is 5.94. The lowest BCUT2D eigenvalue weighted by atomic mass is 10.0. The topological polar surface area (TPSA) is 17.1 Å². The molecule has 0 aliphatic heterocycles. The Bertz CT molecular complexity index is 407. The quantitative estimate of drug-likeness (QED) is 0.551. The third kappa shape index (κ3) is 2.63. The molecule has 0 spiro atoms. The molecule has 0 fully saturated rings. The van der Waals surface area contributed by atoms with Crippen LogP contribution in [0.1, 0.15) is 29.3 Å². The molecule has 0 radical (unpaired) electrons. The van der Waals surface area contributed by atoms with Crippen molar-refractivity contribution in [3.05, 3.63) is 34.9 Å². The third-order valence-corrected chi connectivity index (χ3v) is 2.07. The molecular weight excluding hydrogens is 198 g/mol. The van der Waals surface area contributed by atoms with Gasteiger partial charge in [-0.1, -0.05) is 0 Å². The number of benzene rings is 1. The third-order valence-electron chi connectivity index (χ3n) is 2.07. The molecular formula is C12H10F2O. The van der Waals surface area contributed by atoms with Gasteiger partial charge in [0.25, 0.3) is 0 Å². The fourth-order valence-corrected chi connectivity index (χ4v) is 1.24. The molecule has 1 aromatic rings. The lowest BCUT2D eigenvalue weighted by Crippen LogP contribution is -2.01. The van der Waals surface area contributed by atoms with E-state index in [4.69, 9.17) is 6.42 Å². The van der Waals surface area contributed by atoms with E-state index in [0.29, 0.717) is 0 Å². The Kier molecular flexibility index (Phi) is 3.56. The summed E-state index contributed by atoms with van der Waals surface area (Å²) in [6.45, 7) is 1.26. The van der Waals surface area contributed by atoms with Crippen LogP contribution < -0.4 is 0 Å². The minimum absolute atomic E-state index is 0.0365. The van der Waals surface area contributed by atoms with E-state index in [1.54, 1.807) is 0 Å². The lowest BCUT2D eigenvalue weighted by molar-refractivity contribution is 0.101. The fraction of sp³-hybridized carbons (Fsp3) is 0.250. The van der Waals surface area contributed by atoms with Crippen molar-refractivity contribution in [2.75, 3.05) is 0 Å². The molecule has 0 N–H and O–H groups in total. The molecule has 1 nitrogen and oxygen atoms in total. The van der Waals surface area contributed by atoms with Crippen LogP contribution in [0.4, 0.5) is 8.78 Å². The van der Waals surface area contributed by atoms with Crippen molar-refractivity contribution in [3.8, 4) is 12.3 Å². The number of ketones is 1. The minimum Gasteiger partial charge on any atom is -0.295 e. The van der Waals surface area contributed by atoms with Crippen molar-refractivity contribution >= 4 is 5.78 Å². The number of terminal acetylenes is 1. The van der Waals surface area contributed by atoms with E-state index in [-0.39, 0.29) is 29.8 Å². The second kappa shape index (κ2) is 4.70.